The minimum Gasteiger partial charge on any atom is -0.192 e. The average molecular weight is 320 g/mol. The largest absolute Gasteiger partial charge is 1.00 e. The van der Waals surface area contributed by atoms with Crippen LogP contribution in [-0.4, -0.2) is 29.9 Å². The zero-order valence-corrected chi connectivity index (χ0v) is 7.91. The van der Waals surface area contributed by atoms with Crippen LogP contribution in [0.25, 0.3) is 0 Å². The topological polar surface area (TPSA) is 0 Å². The summed E-state index contributed by atoms with van der Waals surface area (Å²) >= 11 is 0. The highest BCUT2D eigenvalue weighted by Crippen LogP contribution is 2.59. The van der Waals surface area contributed by atoms with Gasteiger partial charge in [-0.25, -0.2) is 0 Å². The lowest BCUT2D eigenvalue weighted by Gasteiger charge is -2.36. The predicted octanol–water partition coefficient (Wildman–Crippen LogP) is 4.63. The molecule has 0 saturated carbocycles. The third kappa shape index (κ3) is 2.30. The monoisotopic (exact) mass is 320 g/mol. The molecule has 0 fully saturated rings. The van der Waals surface area contributed by atoms with Gasteiger partial charge in [0.1, 0.15) is 0 Å². The molecule has 0 N–H and O–H groups in total. The maximum Gasteiger partial charge on any atom is 1.00 e. The van der Waals surface area contributed by atoms with Crippen LogP contribution in [0.2, 0.25) is 0 Å². The minimum atomic E-state index is -7.80. The van der Waals surface area contributed by atoms with Gasteiger partial charge in [-0.3, -0.25) is 0 Å². The fourth-order valence-corrected chi connectivity index (χ4v) is 0.691. The molecule has 0 atom stereocenters. The van der Waals surface area contributed by atoms with Crippen LogP contribution in [0.3, 0.4) is 0 Å². The van der Waals surface area contributed by atoms with Crippen LogP contribution in [0.5, 0.6) is 0 Å². The van der Waals surface area contributed by atoms with Gasteiger partial charge in [-0.1, -0.05) is 0 Å². The lowest BCUT2D eigenvalue weighted by molar-refractivity contribution is -0.424. The highest BCUT2D eigenvalue weighted by molar-refractivity contribution is 5.10. The van der Waals surface area contributed by atoms with E-state index in [1.54, 1.807) is 0 Å². The summed E-state index contributed by atoms with van der Waals surface area (Å²) in [6, 6.07) is 0. The number of hydrogen-bond acceptors (Lipinski definition) is 0. The van der Waals surface area contributed by atoms with Gasteiger partial charge in [0.05, 0.1) is 0 Å². The van der Waals surface area contributed by atoms with Gasteiger partial charge >= 0.3 is 37.7 Å². The zero-order chi connectivity index (χ0) is 16.1. The molecule has 19 heavy (non-hydrogen) atoms. The van der Waals surface area contributed by atoms with Crippen molar-refractivity contribution in [1.29, 1.82) is 0 Å². The molecule has 0 bridgehead atoms. The van der Waals surface area contributed by atoms with Crippen LogP contribution in [0, 0.1) is 6.43 Å². The van der Waals surface area contributed by atoms with Crippen molar-refractivity contribution < 1.29 is 58.5 Å². The van der Waals surface area contributed by atoms with Crippen molar-refractivity contribution in [2.24, 2.45) is 0 Å². The van der Waals surface area contributed by atoms with Gasteiger partial charge in [-0.05, 0) is 0 Å². The highest BCUT2D eigenvalue weighted by atomic mass is 19.4. The van der Waals surface area contributed by atoms with Gasteiger partial charge in [-0.2, -0.15) is 57.1 Å². The van der Waals surface area contributed by atoms with Crippen molar-refractivity contribution in [1.82, 2.24) is 0 Å². The maximum absolute atomic E-state index is 12.3. The first-order valence-electron chi connectivity index (χ1n) is 3.71. The van der Waals surface area contributed by atoms with Gasteiger partial charge in [0, 0.05) is 0 Å². The molecule has 115 valence electrons. The predicted molar refractivity (Wildman–Crippen MR) is 32.4 cm³/mol. The molecule has 0 aromatic carbocycles. The Bertz CT molecular complexity index is 328. The molecular weight excluding hydrogens is 319 g/mol. The van der Waals surface area contributed by atoms with Crippen LogP contribution < -0.4 is 0 Å². The van der Waals surface area contributed by atoms with Crippen LogP contribution in [0.1, 0.15) is 1.43 Å². The fraction of sp³-hybridized carbons (Fsp3) is 0.833. The highest BCUT2D eigenvalue weighted by Gasteiger charge is 2.88. The zero-order valence-electron chi connectivity index (χ0n) is 8.91. The van der Waals surface area contributed by atoms with Crippen molar-refractivity contribution in [2.45, 2.75) is 29.9 Å². The summed E-state index contributed by atoms with van der Waals surface area (Å²) in [7, 11) is 0. The number of hydrogen-bond donors (Lipinski definition) is 0. The number of halogens is 13. The lowest BCUT2D eigenvalue weighted by Crippen LogP contribution is -2.67. The van der Waals surface area contributed by atoms with Gasteiger partial charge in [0.2, 0.25) is 0 Å². The van der Waals surface area contributed by atoms with Crippen molar-refractivity contribution in [2.75, 3.05) is 0 Å². The third-order valence-corrected chi connectivity index (χ3v) is 1.78. The van der Waals surface area contributed by atoms with Gasteiger partial charge in [0.25, 0.3) is 0 Å². The third-order valence-electron chi connectivity index (χ3n) is 1.78. The van der Waals surface area contributed by atoms with E-state index in [1.165, 1.54) is 0 Å². The van der Waals surface area contributed by atoms with Crippen LogP contribution in [-0.2, 0) is 0 Å². The molecule has 0 aromatic heterocycles. The number of alkyl halides is 11. The van der Waals surface area contributed by atoms with Gasteiger partial charge in [-0.15, -0.1) is 0 Å². The van der Waals surface area contributed by atoms with Crippen LogP contribution in [0.15, 0.2) is 0 Å². The Morgan fingerprint density at radius 3 is 1.05 bits per heavy atom. The van der Waals surface area contributed by atoms with Crippen LogP contribution in [0.4, 0.5) is 57.1 Å². The molecule has 0 aliphatic heterocycles. The molecule has 0 nitrogen and oxygen atoms in total. The molecule has 13 heteroatoms. The normalized spacial score (nSPS) is 16.1. The minimum absolute atomic E-state index is 0. The molecule has 0 amide bonds. The quantitative estimate of drug-likeness (QED) is 0.663. The summed E-state index contributed by atoms with van der Waals surface area (Å²) < 4.78 is 154. The van der Waals surface area contributed by atoms with Gasteiger partial charge < -0.3 is 0 Å². The Labute approximate surface area is 96.2 Å². The molecule has 0 heterocycles. The van der Waals surface area contributed by atoms with E-state index in [2.05, 4.69) is 0 Å². The van der Waals surface area contributed by atoms with E-state index < -0.39 is 36.3 Å². The van der Waals surface area contributed by atoms with E-state index >= 15 is 0 Å². The van der Waals surface area contributed by atoms with Crippen molar-refractivity contribution >= 4 is 0 Å². The first-order valence-corrected chi connectivity index (χ1v) is 3.71. The summed E-state index contributed by atoms with van der Waals surface area (Å²) in [5, 5.41) is 0. The molecule has 0 saturated heterocycles. The standard InChI is InChI=1S/C6F13/c7-1(8)2(9,10)3(11,12)4(13,14)5(15,16)6(17,18)19/p+1. The Kier molecular flexibility index (Phi) is 4.09. The van der Waals surface area contributed by atoms with E-state index in [-0.39, 0.29) is 1.43 Å². The van der Waals surface area contributed by atoms with E-state index in [0.717, 1.165) is 0 Å². The molecule has 0 aliphatic rings. The summed E-state index contributed by atoms with van der Waals surface area (Å²) in [4.78, 5) is 0. The molecule has 0 spiro atoms. The van der Waals surface area contributed by atoms with E-state index in [1.807, 2.05) is 0 Å². The van der Waals surface area contributed by atoms with Crippen molar-refractivity contribution in [3.05, 3.63) is 6.43 Å². The summed E-state index contributed by atoms with van der Waals surface area (Å²) in [6.45, 7) is 0. The Morgan fingerprint density at radius 2 is 0.842 bits per heavy atom. The fourth-order valence-electron chi connectivity index (χ4n) is 0.691. The summed E-state index contributed by atoms with van der Waals surface area (Å²) in [6.07, 6.45) is -12.1. The Hall–Kier alpha value is -0.910. The second-order valence-corrected chi connectivity index (χ2v) is 3.06. The maximum atomic E-state index is 12.3. The van der Waals surface area contributed by atoms with Crippen molar-refractivity contribution in [3.63, 3.8) is 0 Å². The first kappa shape index (κ1) is 18.1. The second kappa shape index (κ2) is 4.30. The Balaban J connectivity index is 0. The van der Waals surface area contributed by atoms with E-state index in [4.69, 9.17) is 0 Å². The molecule has 1 radical (unpaired) electrons. The summed E-state index contributed by atoms with van der Waals surface area (Å²) in [5.41, 5.74) is 0. The SMILES string of the molecule is F[C](F)C(F)(F)C(F)(F)C(F)(F)C(F)(F)C(F)(F)F.[H+]. The molecule has 0 unspecified atom stereocenters. The van der Waals surface area contributed by atoms with Gasteiger partial charge in [0.15, 0.2) is 0 Å². The number of rotatable bonds is 4. The molecule has 0 aliphatic carbocycles. The van der Waals surface area contributed by atoms with E-state index in [0.29, 0.717) is 0 Å². The smallest absolute Gasteiger partial charge is 0.192 e. The second-order valence-electron chi connectivity index (χ2n) is 3.06. The van der Waals surface area contributed by atoms with Crippen molar-refractivity contribution in [3.8, 4) is 0 Å². The Morgan fingerprint density at radius 1 is 0.526 bits per heavy atom. The molecule has 0 aromatic rings. The van der Waals surface area contributed by atoms with Crippen LogP contribution >= 0.6 is 0 Å². The molecule has 0 rings (SSSR count). The first-order chi connectivity index (χ1) is 7.94. The lowest BCUT2D eigenvalue weighted by atomic mass is 9.98. The van der Waals surface area contributed by atoms with E-state index in [9.17, 15) is 57.1 Å². The average Bonchev–Trinajstić information content (AvgIpc) is 2.14. The summed E-state index contributed by atoms with van der Waals surface area (Å²) in [5.74, 6) is -30.3. The molecular formula is C6HF13+.